The maximum atomic E-state index is 13.1. The van der Waals surface area contributed by atoms with Crippen molar-refractivity contribution in [3.05, 3.63) is 59.2 Å². The number of halogens is 2. The van der Waals surface area contributed by atoms with Crippen molar-refractivity contribution >= 4 is 17.3 Å². The molecule has 0 saturated heterocycles. The van der Waals surface area contributed by atoms with Gasteiger partial charge in [-0.3, -0.25) is 4.79 Å². The Balaban J connectivity index is 2.21. The van der Waals surface area contributed by atoms with E-state index in [0.29, 0.717) is 5.56 Å². The first-order valence-electron chi connectivity index (χ1n) is 6.06. The van der Waals surface area contributed by atoms with Crippen molar-refractivity contribution in [2.75, 3.05) is 17.7 Å². The Morgan fingerprint density at radius 3 is 2.30 bits per heavy atom. The zero-order valence-electron chi connectivity index (χ0n) is 11.1. The lowest BCUT2D eigenvalue weighted by Crippen LogP contribution is -2.13. The maximum absolute atomic E-state index is 13.1. The van der Waals surface area contributed by atoms with Gasteiger partial charge in [-0.05, 0) is 42.8 Å². The Hall–Kier alpha value is -2.43. The van der Waals surface area contributed by atoms with E-state index >= 15 is 0 Å². The van der Waals surface area contributed by atoms with Gasteiger partial charge in [-0.2, -0.15) is 0 Å². The van der Waals surface area contributed by atoms with Crippen molar-refractivity contribution in [3.8, 4) is 0 Å². The minimum Gasteiger partial charge on any atom is -0.388 e. The third-order valence-electron chi connectivity index (χ3n) is 2.94. The van der Waals surface area contributed by atoms with Crippen molar-refractivity contribution in [1.82, 2.24) is 0 Å². The third kappa shape index (κ3) is 2.93. The van der Waals surface area contributed by atoms with E-state index in [-0.39, 0.29) is 11.6 Å². The van der Waals surface area contributed by atoms with Crippen LogP contribution in [-0.2, 0) is 0 Å². The summed E-state index contributed by atoms with van der Waals surface area (Å²) in [5.41, 5.74) is 2.38. The Bertz CT molecular complexity index is 656. The molecule has 0 fully saturated rings. The third-order valence-corrected chi connectivity index (χ3v) is 2.94. The number of nitrogens with one attached hydrogen (secondary N) is 2. The zero-order valence-corrected chi connectivity index (χ0v) is 11.1. The lowest BCUT2D eigenvalue weighted by atomic mass is 10.1. The molecule has 0 bridgehead atoms. The monoisotopic (exact) mass is 276 g/mol. The Morgan fingerprint density at radius 1 is 1.00 bits per heavy atom. The Morgan fingerprint density at radius 2 is 1.70 bits per heavy atom. The van der Waals surface area contributed by atoms with Crippen LogP contribution >= 0.6 is 0 Å². The van der Waals surface area contributed by atoms with Gasteiger partial charge >= 0.3 is 0 Å². The molecule has 0 aliphatic rings. The van der Waals surface area contributed by atoms with Gasteiger partial charge in [0.1, 0.15) is 0 Å². The average molecular weight is 276 g/mol. The number of hydrogen-bond acceptors (Lipinski definition) is 2. The minimum atomic E-state index is -0.995. The molecule has 0 aromatic heterocycles. The molecule has 2 aromatic carbocycles. The van der Waals surface area contributed by atoms with E-state index in [0.717, 1.165) is 23.4 Å². The van der Waals surface area contributed by atoms with Crippen molar-refractivity contribution in [3.63, 3.8) is 0 Å². The summed E-state index contributed by atoms with van der Waals surface area (Å²) in [7, 11) is 1.79. The van der Waals surface area contributed by atoms with Crippen LogP contribution in [0.5, 0.6) is 0 Å². The highest BCUT2D eigenvalue weighted by Crippen LogP contribution is 2.18. The molecule has 0 spiro atoms. The molecule has 0 aliphatic heterocycles. The van der Waals surface area contributed by atoms with Crippen LogP contribution in [0.2, 0.25) is 0 Å². The second-order valence-corrected chi connectivity index (χ2v) is 4.36. The van der Waals surface area contributed by atoms with Crippen LogP contribution in [-0.4, -0.2) is 13.0 Å². The average Bonchev–Trinajstić information content (AvgIpc) is 2.42. The van der Waals surface area contributed by atoms with Crippen LogP contribution in [0.1, 0.15) is 15.9 Å². The van der Waals surface area contributed by atoms with Gasteiger partial charge in [-0.1, -0.05) is 0 Å². The topological polar surface area (TPSA) is 41.1 Å². The van der Waals surface area contributed by atoms with E-state index in [1.807, 2.05) is 6.07 Å². The summed E-state index contributed by atoms with van der Waals surface area (Å²) in [6.07, 6.45) is 0. The van der Waals surface area contributed by atoms with Gasteiger partial charge in [0.15, 0.2) is 11.6 Å². The molecule has 1 amide bonds. The molecule has 3 nitrogen and oxygen atoms in total. The van der Waals surface area contributed by atoms with Crippen LogP contribution < -0.4 is 10.6 Å². The predicted octanol–water partition coefficient (Wildman–Crippen LogP) is 3.57. The number of amides is 1. The number of aryl methyl sites for hydroxylation is 1. The second kappa shape index (κ2) is 5.69. The van der Waals surface area contributed by atoms with Crippen molar-refractivity contribution in [1.29, 1.82) is 0 Å². The maximum Gasteiger partial charge on any atom is 0.255 e. The molecule has 0 radical (unpaired) electrons. The highest BCUT2D eigenvalue weighted by Gasteiger charge is 2.11. The standard InChI is InChI=1S/C15H14F2N2O/c1-9-7-10(18-2)3-5-12(9)15(20)19-11-4-6-13(16)14(17)8-11/h3-8,18H,1-2H3,(H,19,20). The summed E-state index contributed by atoms with van der Waals surface area (Å²) in [6, 6.07) is 8.52. The molecule has 2 N–H and O–H groups in total. The van der Waals surface area contributed by atoms with Crippen LogP contribution in [0, 0.1) is 18.6 Å². The lowest BCUT2D eigenvalue weighted by molar-refractivity contribution is 0.102. The number of hydrogen-bond donors (Lipinski definition) is 2. The fraction of sp³-hybridized carbons (Fsp3) is 0.133. The summed E-state index contributed by atoms with van der Waals surface area (Å²) >= 11 is 0. The quantitative estimate of drug-likeness (QED) is 0.899. The SMILES string of the molecule is CNc1ccc(C(=O)Nc2ccc(F)c(F)c2)c(C)c1. The molecular weight excluding hydrogens is 262 g/mol. The first kappa shape index (κ1) is 14.0. The van der Waals surface area contributed by atoms with Gasteiger partial charge < -0.3 is 10.6 Å². The minimum absolute atomic E-state index is 0.214. The normalized spacial score (nSPS) is 10.2. The van der Waals surface area contributed by atoms with Crippen LogP contribution in [0.15, 0.2) is 36.4 Å². The predicted molar refractivity (Wildman–Crippen MR) is 75.0 cm³/mol. The Labute approximate surface area is 115 Å². The van der Waals surface area contributed by atoms with Crippen LogP contribution in [0.25, 0.3) is 0 Å². The molecular formula is C15H14F2N2O. The second-order valence-electron chi connectivity index (χ2n) is 4.36. The van der Waals surface area contributed by atoms with Gasteiger partial charge in [0.25, 0.3) is 5.91 Å². The molecule has 5 heteroatoms. The van der Waals surface area contributed by atoms with Gasteiger partial charge in [-0.15, -0.1) is 0 Å². The summed E-state index contributed by atoms with van der Waals surface area (Å²) < 4.78 is 25.9. The van der Waals surface area contributed by atoms with Gasteiger partial charge in [0.05, 0.1) is 0 Å². The van der Waals surface area contributed by atoms with Gasteiger partial charge in [-0.25, -0.2) is 8.78 Å². The van der Waals surface area contributed by atoms with Gasteiger partial charge in [0.2, 0.25) is 0 Å². The van der Waals surface area contributed by atoms with Crippen LogP contribution in [0.3, 0.4) is 0 Å². The van der Waals surface area contributed by atoms with E-state index in [1.165, 1.54) is 6.07 Å². The lowest BCUT2D eigenvalue weighted by Gasteiger charge is -2.09. The molecule has 0 unspecified atom stereocenters. The molecule has 20 heavy (non-hydrogen) atoms. The molecule has 0 aliphatic carbocycles. The Kier molecular flexibility index (Phi) is 3.98. The largest absolute Gasteiger partial charge is 0.388 e. The molecule has 104 valence electrons. The number of carbonyl (C=O) groups excluding carboxylic acids is 1. The molecule has 0 atom stereocenters. The smallest absolute Gasteiger partial charge is 0.255 e. The van der Waals surface area contributed by atoms with E-state index in [9.17, 15) is 13.6 Å². The number of carbonyl (C=O) groups is 1. The van der Waals surface area contributed by atoms with Crippen molar-refractivity contribution in [2.45, 2.75) is 6.92 Å². The van der Waals surface area contributed by atoms with E-state index in [4.69, 9.17) is 0 Å². The molecule has 0 heterocycles. The zero-order chi connectivity index (χ0) is 14.7. The highest BCUT2D eigenvalue weighted by atomic mass is 19.2. The summed E-state index contributed by atoms with van der Waals surface area (Å²) in [4.78, 5) is 12.1. The summed E-state index contributed by atoms with van der Waals surface area (Å²) in [5.74, 6) is -2.31. The van der Waals surface area contributed by atoms with Crippen molar-refractivity contribution in [2.24, 2.45) is 0 Å². The number of benzene rings is 2. The fourth-order valence-electron chi connectivity index (χ4n) is 1.85. The number of anilines is 2. The summed E-state index contributed by atoms with van der Waals surface area (Å²) in [6.45, 7) is 1.81. The van der Waals surface area contributed by atoms with Crippen molar-refractivity contribution < 1.29 is 13.6 Å². The van der Waals surface area contributed by atoms with E-state index in [1.54, 1.807) is 26.1 Å². The van der Waals surface area contributed by atoms with Gasteiger partial charge in [0, 0.05) is 30.1 Å². The molecule has 2 aromatic rings. The molecule has 0 saturated carbocycles. The fourth-order valence-corrected chi connectivity index (χ4v) is 1.85. The van der Waals surface area contributed by atoms with Crippen LogP contribution in [0.4, 0.5) is 20.2 Å². The van der Waals surface area contributed by atoms with E-state index in [2.05, 4.69) is 10.6 Å². The number of rotatable bonds is 3. The summed E-state index contributed by atoms with van der Waals surface area (Å²) in [5, 5.41) is 5.51. The molecule has 2 rings (SSSR count). The van der Waals surface area contributed by atoms with E-state index < -0.39 is 11.6 Å². The highest BCUT2D eigenvalue weighted by molar-refractivity contribution is 6.05. The first-order valence-corrected chi connectivity index (χ1v) is 6.06. The first-order chi connectivity index (χ1) is 9.51.